The fourth-order valence-electron chi connectivity index (χ4n) is 9.33. The number of hydrogen-bond acceptors (Lipinski definition) is 3. The maximum atomic E-state index is 11.4. The van der Waals surface area contributed by atoms with Crippen LogP contribution in [-0.2, 0) is 0 Å². The van der Waals surface area contributed by atoms with Gasteiger partial charge < -0.3 is 15.9 Å². The zero-order chi connectivity index (χ0) is 25.6. The van der Waals surface area contributed by atoms with Gasteiger partial charge in [0.05, 0.1) is 5.70 Å². The minimum absolute atomic E-state index is 0.0976. The van der Waals surface area contributed by atoms with Gasteiger partial charge in [-0.1, -0.05) is 65.5 Å². The largest absolute Gasteiger partial charge is 0.465 e. The molecular weight excluding hydrogens is 436 g/mol. The molecule has 0 spiro atoms. The summed E-state index contributed by atoms with van der Waals surface area (Å²) < 4.78 is 0. The molecule has 0 aromatic heterocycles. The van der Waals surface area contributed by atoms with Gasteiger partial charge in [-0.3, -0.25) is 5.32 Å². The molecule has 198 valence electrons. The van der Waals surface area contributed by atoms with Crippen LogP contribution < -0.4 is 11.1 Å². The van der Waals surface area contributed by atoms with Crippen molar-refractivity contribution in [2.24, 2.45) is 52.1 Å². The third-order valence-electron chi connectivity index (χ3n) is 11.3. The predicted octanol–water partition coefficient (Wildman–Crippen LogP) is 6.83. The summed E-state index contributed by atoms with van der Waals surface area (Å²) in [5.41, 5.74) is 6.61. The van der Waals surface area contributed by atoms with Crippen LogP contribution in [0.4, 0.5) is 4.79 Å². The second kappa shape index (κ2) is 9.76. The summed E-state index contributed by atoms with van der Waals surface area (Å²) in [4.78, 5) is 11.3. The first-order valence-electron chi connectivity index (χ1n) is 14.3. The Labute approximate surface area is 213 Å². The molecule has 0 radical (unpaired) electrons. The maximum Gasteiger partial charge on any atom is 0.409 e. The lowest BCUT2D eigenvalue weighted by Gasteiger charge is -2.59. The van der Waals surface area contributed by atoms with E-state index in [0.29, 0.717) is 24.2 Å². The number of nitrogens with two attached hydrogens (primary N) is 1. The highest BCUT2D eigenvalue weighted by molar-refractivity contribution is 5.67. The van der Waals surface area contributed by atoms with Gasteiger partial charge in [0, 0.05) is 12.6 Å². The number of fused-ring (bicyclic) bond motifs is 5. The first-order valence-corrected chi connectivity index (χ1v) is 14.3. The molecule has 8 atom stereocenters. The molecule has 3 fully saturated rings. The van der Waals surface area contributed by atoms with Crippen molar-refractivity contribution in [1.29, 1.82) is 0 Å². The van der Waals surface area contributed by atoms with Crippen molar-refractivity contribution in [3.05, 3.63) is 23.5 Å². The van der Waals surface area contributed by atoms with Gasteiger partial charge in [-0.25, -0.2) is 4.79 Å². The molecule has 4 aliphatic rings. The quantitative estimate of drug-likeness (QED) is 0.297. The van der Waals surface area contributed by atoms with Crippen LogP contribution in [0.1, 0.15) is 105 Å². The molecule has 3 saturated carbocycles. The zero-order valence-electron chi connectivity index (χ0n) is 22.8. The van der Waals surface area contributed by atoms with Crippen LogP contribution in [0.2, 0.25) is 0 Å². The molecule has 0 unspecified atom stereocenters. The molecule has 5 heteroatoms. The van der Waals surface area contributed by atoms with Crippen molar-refractivity contribution in [2.75, 3.05) is 0 Å². The third kappa shape index (κ3) is 4.67. The number of rotatable bonds is 7. The Morgan fingerprint density at radius 1 is 1.14 bits per heavy atom. The summed E-state index contributed by atoms with van der Waals surface area (Å²) in [6.07, 6.45) is 15.0. The Kier molecular flexibility index (Phi) is 7.41. The van der Waals surface area contributed by atoms with Crippen LogP contribution in [-0.4, -0.2) is 21.9 Å². The van der Waals surface area contributed by atoms with Crippen LogP contribution in [0.5, 0.6) is 0 Å². The molecule has 35 heavy (non-hydrogen) atoms. The smallest absolute Gasteiger partial charge is 0.409 e. The topological polar surface area (TPSA) is 95.6 Å². The Morgan fingerprint density at radius 3 is 2.54 bits per heavy atom. The summed E-state index contributed by atoms with van der Waals surface area (Å²) in [5, 5.41) is 23.0. The van der Waals surface area contributed by atoms with Crippen LogP contribution >= 0.6 is 0 Å². The number of carbonyl (C=O) groups is 1. The monoisotopic (exact) mass is 486 g/mol. The van der Waals surface area contributed by atoms with Gasteiger partial charge in [0.1, 0.15) is 5.60 Å². The van der Waals surface area contributed by atoms with E-state index in [1.54, 1.807) is 0 Å². The summed E-state index contributed by atoms with van der Waals surface area (Å²) >= 11 is 0. The van der Waals surface area contributed by atoms with Gasteiger partial charge in [-0.05, 0) is 91.3 Å². The number of aliphatic hydroxyl groups is 1. The number of carboxylic acid groups (broad SMARTS) is 1. The molecule has 1 amide bonds. The molecule has 0 bridgehead atoms. The second-order valence-corrected chi connectivity index (χ2v) is 13.5. The maximum absolute atomic E-state index is 11.4. The van der Waals surface area contributed by atoms with Gasteiger partial charge in [0.25, 0.3) is 0 Å². The third-order valence-corrected chi connectivity index (χ3v) is 11.3. The van der Waals surface area contributed by atoms with Crippen molar-refractivity contribution in [1.82, 2.24) is 5.32 Å². The standard InChI is InChI=1S/C30H50N2O3/c1-19(2)7-6-8-20(3)23-11-12-24-22-10-9-21-17-30(35,26(18-31)32-27(33)34)16-15-28(21,4)25(22)13-14-29(23,24)5/h9,18-20,22-25,32,35H,6-8,10-17,31H2,1-5H3,(H,33,34)/t20-,22+,23-,24+,25+,28+,29-,30-/m1/s1. The Hall–Kier alpha value is -1.49. The van der Waals surface area contributed by atoms with Gasteiger partial charge in [0.15, 0.2) is 0 Å². The predicted molar refractivity (Wildman–Crippen MR) is 141 cm³/mol. The van der Waals surface area contributed by atoms with E-state index in [0.717, 1.165) is 42.4 Å². The van der Waals surface area contributed by atoms with E-state index in [9.17, 15) is 15.0 Å². The molecule has 0 aliphatic heterocycles. The lowest BCUT2D eigenvalue weighted by Crippen LogP contribution is -2.53. The van der Waals surface area contributed by atoms with Crippen molar-refractivity contribution in [3.8, 4) is 0 Å². The Bertz CT molecular complexity index is 866. The van der Waals surface area contributed by atoms with Crippen molar-refractivity contribution >= 4 is 6.09 Å². The van der Waals surface area contributed by atoms with Crippen molar-refractivity contribution < 1.29 is 15.0 Å². The van der Waals surface area contributed by atoms with E-state index in [1.807, 2.05) is 0 Å². The molecule has 0 saturated heterocycles. The average Bonchev–Trinajstić information content (AvgIpc) is 3.15. The molecule has 5 nitrogen and oxygen atoms in total. The lowest BCUT2D eigenvalue weighted by molar-refractivity contribution is -0.0680. The summed E-state index contributed by atoms with van der Waals surface area (Å²) in [6.45, 7) is 12.3. The van der Waals surface area contributed by atoms with E-state index < -0.39 is 11.7 Å². The van der Waals surface area contributed by atoms with Crippen LogP contribution in [0.15, 0.2) is 23.5 Å². The zero-order valence-corrected chi connectivity index (χ0v) is 22.8. The van der Waals surface area contributed by atoms with Gasteiger partial charge in [-0.15, -0.1) is 0 Å². The highest BCUT2D eigenvalue weighted by atomic mass is 16.4. The Morgan fingerprint density at radius 2 is 1.89 bits per heavy atom. The molecular formula is C30H50N2O3. The molecule has 4 aliphatic carbocycles. The highest BCUT2D eigenvalue weighted by Crippen LogP contribution is 2.68. The summed E-state index contributed by atoms with van der Waals surface area (Å²) in [7, 11) is 0. The van der Waals surface area contributed by atoms with Crippen molar-refractivity contribution in [2.45, 2.75) is 111 Å². The molecule has 5 N–H and O–H groups in total. The first-order chi connectivity index (χ1) is 16.4. The molecule has 0 aromatic rings. The SMILES string of the molecule is CC(C)CCC[C@@H](C)[C@H]1CC[C@H]2[C@@H]3CC=C4C[C@@](O)(C(=CN)NC(=O)O)CC[C@]4(C)[C@H]3CC[C@]12C. The van der Waals surface area contributed by atoms with Gasteiger partial charge in [-0.2, -0.15) is 0 Å². The number of nitrogens with one attached hydrogen (secondary N) is 1. The number of hydrogen-bond donors (Lipinski definition) is 4. The second-order valence-electron chi connectivity index (χ2n) is 13.5. The van der Waals surface area contributed by atoms with Gasteiger partial charge in [0.2, 0.25) is 0 Å². The summed E-state index contributed by atoms with van der Waals surface area (Å²) in [6, 6.07) is 0. The summed E-state index contributed by atoms with van der Waals surface area (Å²) in [5.74, 6) is 4.69. The fraction of sp³-hybridized carbons (Fsp3) is 0.833. The van der Waals surface area contributed by atoms with E-state index in [2.05, 4.69) is 46.0 Å². The Balaban J connectivity index is 1.50. The minimum Gasteiger partial charge on any atom is -0.465 e. The molecule has 4 rings (SSSR count). The van der Waals surface area contributed by atoms with E-state index in [1.165, 1.54) is 56.7 Å². The molecule has 0 aromatic carbocycles. The van der Waals surface area contributed by atoms with Gasteiger partial charge >= 0.3 is 6.09 Å². The normalized spacial score (nSPS) is 42.0. The van der Waals surface area contributed by atoms with E-state index in [4.69, 9.17) is 5.73 Å². The van der Waals surface area contributed by atoms with Crippen LogP contribution in [0.3, 0.4) is 0 Å². The van der Waals surface area contributed by atoms with Crippen LogP contribution in [0, 0.1) is 46.3 Å². The molecule has 0 heterocycles. The van der Waals surface area contributed by atoms with Crippen LogP contribution in [0.25, 0.3) is 0 Å². The first kappa shape index (κ1) is 26.6. The van der Waals surface area contributed by atoms with E-state index in [-0.39, 0.29) is 11.1 Å². The highest BCUT2D eigenvalue weighted by Gasteiger charge is 2.60. The lowest BCUT2D eigenvalue weighted by atomic mass is 9.46. The fourth-order valence-corrected chi connectivity index (χ4v) is 9.33. The number of allylic oxidation sites excluding steroid dienone is 1. The average molecular weight is 487 g/mol. The number of amides is 1. The van der Waals surface area contributed by atoms with Crippen molar-refractivity contribution in [3.63, 3.8) is 0 Å². The minimum atomic E-state index is -1.22. The van der Waals surface area contributed by atoms with E-state index >= 15 is 0 Å².